The van der Waals surface area contributed by atoms with E-state index in [0.717, 1.165) is 21.9 Å². The van der Waals surface area contributed by atoms with Crippen molar-refractivity contribution in [3.05, 3.63) is 70.1 Å². The van der Waals surface area contributed by atoms with Crippen molar-refractivity contribution in [3.63, 3.8) is 0 Å². The zero-order valence-electron chi connectivity index (χ0n) is 10.3. The molecule has 0 unspecified atom stereocenters. The van der Waals surface area contributed by atoms with Gasteiger partial charge in [-0.2, -0.15) is 0 Å². The molecule has 0 aliphatic rings. The molecule has 4 heteroatoms. The molecule has 96 valence electrons. The largest absolute Gasteiger partial charge is 0.326 e. The Kier molecular flexibility index (Phi) is 3.25. The van der Waals surface area contributed by atoms with Crippen molar-refractivity contribution in [1.82, 2.24) is 9.55 Å². The molecule has 0 fully saturated rings. The summed E-state index contributed by atoms with van der Waals surface area (Å²) in [5.74, 6) is 0. The number of hydrogen-bond acceptors (Lipinski definition) is 1. The van der Waals surface area contributed by atoms with Crippen molar-refractivity contribution in [2.24, 2.45) is 0 Å². The van der Waals surface area contributed by atoms with Gasteiger partial charge in [-0.3, -0.25) is 4.57 Å². The van der Waals surface area contributed by atoms with E-state index in [0.29, 0.717) is 6.54 Å². The Morgan fingerprint density at radius 3 is 2.42 bits per heavy atom. The summed E-state index contributed by atoms with van der Waals surface area (Å²) in [6, 6.07) is 16.0. The van der Waals surface area contributed by atoms with Crippen molar-refractivity contribution >= 4 is 27.0 Å². The maximum Gasteiger partial charge on any atom is 0.326 e. The zero-order valence-corrected chi connectivity index (χ0v) is 11.9. The first-order valence-corrected chi connectivity index (χ1v) is 7.21. The smallest absolute Gasteiger partial charge is 0.306 e. The van der Waals surface area contributed by atoms with Crippen LogP contribution >= 0.6 is 15.9 Å². The van der Waals surface area contributed by atoms with Crippen molar-refractivity contribution in [2.75, 3.05) is 0 Å². The van der Waals surface area contributed by atoms with Crippen LogP contribution < -0.4 is 5.69 Å². The molecule has 0 spiro atoms. The molecule has 1 aromatic heterocycles. The highest BCUT2D eigenvalue weighted by molar-refractivity contribution is 9.08. The van der Waals surface area contributed by atoms with E-state index in [2.05, 4.69) is 45.2 Å². The van der Waals surface area contributed by atoms with Crippen molar-refractivity contribution in [3.8, 4) is 0 Å². The number of para-hydroxylation sites is 2. The molecule has 0 amide bonds. The van der Waals surface area contributed by atoms with Crippen LogP contribution in [0.25, 0.3) is 11.0 Å². The van der Waals surface area contributed by atoms with Crippen LogP contribution in [0.4, 0.5) is 0 Å². The Bertz CT molecular complexity index is 756. The second kappa shape index (κ2) is 5.05. The summed E-state index contributed by atoms with van der Waals surface area (Å²) in [5.41, 5.74) is 4.11. The highest BCUT2D eigenvalue weighted by Crippen LogP contribution is 2.13. The minimum atomic E-state index is -0.0641. The number of rotatable bonds is 3. The minimum absolute atomic E-state index is 0.0641. The van der Waals surface area contributed by atoms with Gasteiger partial charge in [-0.25, -0.2) is 4.79 Å². The van der Waals surface area contributed by atoms with Crippen molar-refractivity contribution < 1.29 is 0 Å². The van der Waals surface area contributed by atoms with E-state index < -0.39 is 0 Å². The van der Waals surface area contributed by atoms with E-state index in [9.17, 15) is 4.79 Å². The van der Waals surface area contributed by atoms with Gasteiger partial charge in [-0.05, 0) is 23.3 Å². The summed E-state index contributed by atoms with van der Waals surface area (Å²) >= 11 is 3.43. The van der Waals surface area contributed by atoms with Crippen LogP contribution in [0.5, 0.6) is 0 Å². The number of nitrogens with one attached hydrogen (secondary N) is 1. The normalized spacial score (nSPS) is 11.0. The minimum Gasteiger partial charge on any atom is -0.306 e. The fraction of sp³-hybridized carbons (Fsp3) is 0.133. The van der Waals surface area contributed by atoms with Gasteiger partial charge >= 0.3 is 5.69 Å². The quantitative estimate of drug-likeness (QED) is 0.740. The maximum absolute atomic E-state index is 12.0. The summed E-state index contributed by atoms with van der Waals surface area (Å²) in [7, 11) is 0. The fourth-order valence-corrected chi connectivity index (χ4v) is 2.55. The van der Waals surface area contributed by atoms with Crippen LogP contribution in [0.15, 0.2) is 53.3 Å². The first kappa shape index (κ1) is 12.2. The van der Waals surface area contributed by atoms with E-state index >= 15 is 0 Å². The molecule has 0 atom stereocenters. The van der Waals surface area contributed by atoms with Gasteiger partial charge in [0, 0.05) is 5.33 Å². The average molecular weight is 317 g/mol. The van der Waals surface area contributed by atoms with Gasteiger partial charge in [0.25, 0.3) is 0 Å². The molecular formula is C15H13BrN2O. The fourth-order valence-electron chi connectivity index (χ4n) is 2.18. The van der Waals surface area contributed by atoms with Gasteiger partial charge < -0.3 is 4.98 Å². The lowest BCUT2D eigenvalue weighted by atomic mass is 10.1. The lowest BCUT2D eigenvalue weighted by molar-refractivity contribution is 0.786. The number of imidazole rings is 1. The number of H-pyrrole nitrogens is 1. The Morgan fingerprint density at radius 1 is 1.00 bits per heavy atom. The molecule has 1 N–H and O–H groups in total. The van der Waals surface area contributed by atoms with Gasteiger partial charge in [0.05, 0.1) is 17.6 Å². The maximum atomic E-state index is 12.0. The zero-order chi connectivity index (χ0) is 13.2. The van der Waals surface area contributed by atoms with E-state index in [1.165, 1.54) is 5.56 Å². The number of aromatic nitrogens is 2. The Labute approximate surface area is 119 Å². The van der Waals surface area contributed by atoms with Gasteiger partial charge in [-0.1, -0.05) is 52.3 Å². The summed E-state index contributed by atoms with van der Waals surface area (Å²) < 4.78 is 1.76. The van der Waals surface area contributed by atoms with Crippen LogP contribution in [-0.4, -0.2) is 9.55 Å². The molecule has 2 aromatic carbocycles. The molecule has 19 heavy (non-hydrogen) atoms. The molecule has 3 rings (SSSR count). The standard InChI is InChI=1S/C15H13BrN2O/c16-9-11-5-7-12(8-6-11)10-18-14-4-2-1-3-13(14)17-15(18)19/h1-8H,9-10H2,(H,17,19). The van der Waals surface area contributed by atoms with Gasteiger partial charge in [-0.15, -0.1) is 0 Å². The predicted octanol–water partition coefficient (Wildman–Crippen LogP) is 3.27. The van der Waals surface area contributed by atoms with Crippen molar-refractivity contribution in [2.45, 2.75) is 11.9 Å². The molecular weight excluding hydrogens is 304 g/mol. The second-order valence-corrected chi connectivity index (χ2v) is 5.04. The molecule has 3 aromatic rings. The molecule has 1 heterocycles. The molecule has 0 aliphatic carbocycles. The molecule has 0 saturated carbocycles. The van der Waals surface area contributed by atoms with E-state index in [1.807, 2.05) is 24.3 Å². The number of halogens is 1. The van der Waals surface area contributed by atoms with Crippen LogP contribution in [0.1, 0.15) is 11.1 Å². The highest BCUT2D eigenvalue weighted by atomic mass is 79.9. The summed E-state index contributed by atoms with van der Waals surface area (Å²) in [4.78, 5) is 14.8. The number of hydrogen-bond donors (Lipinski definition) is 1. The van der Waals surface area contributed by atoms with Gasteiger partial charge in [0.1, 0.15) is 0 Å². The van der Waals surface area contributed by atoms with E-state index in [4.69, 9.17) is 0 Å². The molecule has 3 nitrogen and oxygen atoms in total. The van der Waals surface area contributed by atoms with Crippen LogP contribution in [0.2, 0.25) is 0 Å². The summed E-state index contributed by atoms with van der Waals surface area (Å²) in [5, 5.41) is 0.848. The molecule has 0 aliphatic heterocycles. The molecule has 0 saturated heterocycles. The van der Waals surface area contributed by atoms with Crippen LogP contribution in [-0.2, 0) is 11.9 Å². The third kappa shape index (κ3) is 2.36. The lowest BCUT2D eigenvalue weighted by Crippen LogP contribution is -2.17. The third-order valence-corrected chi connectivity index (χ3v) is 3.85. The van der Waals surface area contributed by atoms with Crippen LogP contribution in [0.3, 0.4) is 0 Å². The SMILES string of the molecule is O=c1[nH]c2ccccc2n1Cc1ccc(CBr)cc1. The monoisotopic (exact) mass is 316 g/mol. The lowest BCUT2D eigenvalue weighted by Gasteiger charge is -2.04. The summed E-state index contributed by atoms with van der Waals surface area (Å²) in [6.45, 7) is 0.589. The molecule has 0 bridgehead atoms. The second-order valence-electron chi connectivity index (χ2n) is 4.48. The van der Waals surface area contributed by atoms with E-state index in [-0.39, 0.29) is 5.69 Å². The number of fused-ring (bicyclic) bond motifs is 1. The van der Waals surface area contributed by atoms with E-state index in [1.54, 1.807) is 4.57 Å². The molecule has 0 radical (unpaired) electrons. The average Bonchev–Trinajstić information content (AvgIpc) is 2.76. The third-order valence-electron chi connectivity index (χ3n) is 3.20. The number of nitrogens with zero attached hydrogens (tertiary/aromatic N) is 1. The van der Waals surface area contributed by atoms with Crippen molar-refractivity contribution in [1.29, 1.82) is 0 Å². The first-order valence-electron chi connectivity index (χ1n) is 6.09. The van der Waals surface area contributed by atoms with Gasteiger partial charge in [0.2, 0.25) is 0 Å². The highest BCUT2D eigenvalue weighted by Gasteiger charge is 2.06. The topological polar surface area (TPSA) is 37.8 Å². The number of aromatic amines is 1. The Hall–Kier alpha value is -1.81. The van der Waals surface area contributed by atoms with Crippen LogP contribution in [0, 0.1) is 0 Å². The van der Waals surface area contributed by atoms with Gasteiger partial charge in [0.15, 0.2) is 0 Å². The Morgan fingerprint density at radius 2 is 1.68 bits per heavy atom. The summed E-state index contributed by atoms with van der Waals surface area (Å²) in [6.07, 6.45) is 0. The number of alkyl halides is 1. The number of benzene rings is 2. The first-order chi connectivity index (χ1) is 9.28. The predicted molar refractivity (Wildman–Crippen MR) is 80.7 cm³/mol. The Balaban J connectivity index is 2.00.